The summed E-state index contributed by atoms with van der Waals surface area (Å²) in [6.45, 7) is 4.18. The molecule has 1 aliphatic rings. The smallest absolute Gasteiger partial charge is 0.214 e. The Balaban J connectivity index is 1.63. The fourth-order valence-corrected chi connectivity index (χ4v) is 5.89. The van der Waals surface area contributed by atoms with Gasteiger partial charge in [0.05, 0.1) is 16.8 Å². The summed E-state index contributed by atoms with van der Waals surface area (Å²) < 4.78 is 33.9. The van der Waals surface area contributed by atoms with Crippen LogP contribution in [-0.4, -0.2) is 57.7 Å². The molecule has 33 heavy (non-hydrogen) atoms. The molecule has 0 saturated carbocycles. The lowest BCUT2D eigenvalue weighted by atomic mass is 10.0. The lowest BCUT2D eigenvalue weighted by Gasteiger charge is -2.17. The molecule has 1 saturated heterocycles. The maximum Gasteiger partial charge on any atom is 0.214 e. The van der Waals surface area contributed by atoms with Gasteiger partial charge in [-0.15, -0.1) is 0 Å². The van der Waals surface area contributed by atoms with E-state index in [1.54, 1.807) is 10.5 Å². The third kappa shape index (κ3) is 4.05. The maximum atomic E-state index is 12.3. The predicted octanol–water partition coefficient (Wildman–Crippen LogP) is 2.80. The Bertz CT molecular complexity index is 1420. The number of ether oxygens (including phenoxy) is 1. The molecule has 0 spiro atoms. The topological polar surface area (TPSA) is 116 Å². The molecule has 0 aliphatic carbocycles. The van der Waals surface area contributed by atoms with Crippen LogP contribution in [-0.2, 0) is 27.9 Å². The molecule has 5 rings (SSSR count). The monoisotopic (exact) mass is 466 g/mol. The first-order valence-corrected chi connectivity index (χ1v) is 12.6. The van der Waals surface area contributed by atoms with E-state index in [2.05, 4.69) is 9.97 Å². The van der Waals surface area contributed by atoms with Gasteiger partial charge in [0.2, 0.25) is 10.0 Å². The van der Waals surface area contributed by atoms with Crippen molar-refractivity contribution in [3.63, 3.8) is 0 Å². The van der Waals surface area contributed by atoms with Gasteiger partial charge in [-0.3, -0.25) is 4.98 Å². The number of benzene rings is 1. The number of nitrogens with zero attached hydrogens (tertiary/aromatic N) is 5. The van der Waals surface area contributed by atoms with Gasteiger partial charge < -0.3 is 15.0 Å². The van der Waals surface area contributed by atoms with Gasteiger partial charge in [-0.25, -0.2) is 22.7 Å². The highest BCUT2D eigenvalue weighted by Crippen LogP contribution is 2.32. The molecule has 1 aromatic carbocycles. The third-order valence-electron chi connectivity index (χ3n) is 5.99. The van der Waals surface area contributed by atoms with Crippen molar-refractivity contribution in [3.8, 4) is 11.1 Å². The molecule has 4 aromatic rings. The Morgan fingerprint density at radius 3 is 2.76 bits per heavy atom. The number of hydrogen-bond donors (Lipinski definition) is 1. The van der Waals surface area contributed by atoms with E-state index in [-0.39, 0.29) is 5.75 Å². The molecule has 0 amide bonds. The lowest BCUT2D eigenvalue weighted by Crippen LogP contribution is -2.29. The van der Waals surface area contributed by atoms with E-state index in [4.69, 9.17) is 15.5 Å². The Labute approximate surface area is 192 Å². The van der Waals surface area contributed by atoms with Gasteiger partial charge in [0.15, 0.2) is 5.82 Å². The van der Waals surface area contributed by atoms with E-state index in [9.17, 15) is 8.42 Å². The van der Waals surface area contributed by atoms with E-state index in [0.717, 1.165) is 27.5 Å². The molecule has 9 nitrogen and oxygen atoms in total. The van der Waals surface area contributed by atoms with Crippen LogP contribution in [0.1, 0.15) is 19.2 Å². The van der Waals surface area contributed by atoms with Crippen LogP contribution in [0.3, 0.4) is 0 Å². The van der Waals surface area contributed by atoms with E-state index in [1.807, 2.05) is 48.0 Å². The predicted molar refractivity (Wildman–Crippen MR) is 128 cm³/mol. The number of pyridine rings is 2. The van der Waals surface area contributed by atoms with E-state index in [1.165, 1.54) is 0 Å². The van der Waals surface area contributed by atoms with Crippen LogP contribution in [0.2, 0.25) is 0 Å². The number of hydrogen-bond acceptors (Lipinski definition) is 7. The van der Waals surface area contributed by atoms with Gasteiger partial charge >= 0.3 is 0 Å². The van der Waals surface area contributed by atoms with Crippen LogP contribution >= 0.6 is 0 Å². The first-order valence-electron chi connectivity index (χ1n) is 11.0. The number of fused-ring (bicyclic) bond motifs is 3. The second kappa shape index (κ2) is 8.69. The minimum absolute atomic E-state index is 0.209. The van der Waals surface area contributed by atoms with Crippen molar-refractivity contribution >= 4 is 37.8 Å². The SMILES string of the molecule is CCOCc1nc2c(N)nc3cc(-c4cccnc4)ccc3c2n1CCN1CCCS1(=O)=O. The number of nitrogen functional groups attached to an aromatic ring is 1. The third-order valence-corrected chi connectivity index (χ3v) is 7.95. The molecule has 3 aromatic heterocycles. The van der Waals surface area contributed by atoms with Crippen LogP contribution in [0.5, 0.6) is 0 Å². The van der Waals surface area contributed by atoms with Crippen molar-refractivity contribution < 1.29 is 13.2 Å². The van der Waals surface area contributed by atoms with E-state index in [0.29, 0.717) is 56.4 Å². The Morgan fingerprint density at radius 2 is 2.03 bits per heavy atom. The number of rotatable bonds is 7. The largest absolute Gasteiger partial charge is 0.382 e. The molecule has 0 atom stereocenters. The summed E-state index contributed by atoms with van der Waals surface area (Å²) >= 11 is 0. The van der Waals surface area contributed by atoms with Gasteiger partial charge in [0.25, 0.3) is 0 Å². The zero-order valence-electron chi connectivity index (χ0n) is 18.4. The van der Waals surface area contributed by atoms with Crippen molar-refractivity contribution in [2.24, 2.45) is 0 Å². The Hall–Kier alpha value is -3.08. The van der Waals surface area contributed by atoms with Crippen molar-refractivity contribution in [2.75, 3.05) is 31.2 Å². The summed E-state index contributed by atoms with van der Waals surface area (Å²) in [5.74, 6) is 1.26. The second-order valence-electron chi connectivity index (χ2n) is 8.05. The highest BCUT2D eigenvalue weighted by atomic mass is 32.2. The fraction of sp³-hybridized carbons (Fsp3) is 0.348. The average molecular weight is 467 g/mol. The van der Waals surface area contributed by atoms with Crippen molar-refractivity contribution in [2.45, 2.75) is 26.5 Å². The van der Waals surface area contributed by atoms with Crippen LogP contribution in [0.4, 0.5) is 5.82 Å². The molecule has 172 valence electrons. The highest BCUT2D eigenvalue weighted by molar-refractivity contribution is 7.89. The van der Waals surface area contributed by atoms with Crippen LogP contribution < -0.4 is 5.73 Å². The van der Waals surface area contributed by atoms with E-state index < -0.39 is 10.0 Å². The Kier molecular flexibility index (Phi) is 5.73. The zero-order valence-corrected chi connectivity index (χ0v) is 19.3. The molecule has 10 heteroatoms. The number of aromatic nitrogens is 4. The van der Waals surface area contributed by atoms with Crippen LogP contribution in [0, 0.1) is 0 Å². The molecular formula is C23H26N6O3S. The summed E-state index contributed by atoms with van der Waals surface area (Å²) in [6.07, 6.45) is 4.21. The number of imidazole rings is 1. The lowest BCUT2D eigenvalue weighted by molar-refractivity contribution is 0.125. The number of sulfonamides is 1. The van der Waals surface area contributed by atoms with Gasteiger partial charge in [-0.2, -0.15) is 0 Å². The second-order valence-corrected chi connectivity index (χ2v) is 10.1. The molecule has 4 heterocycles. The molecule has 0 bridgehead atoms. The van der Waals surface area contributed by atoms with Crippen molar-refractivity contribution in [1.82, 2.24) is 23.8 Å². The molecule has 0 unspecified atom stereocenters. The molecule has 0 radical (unpaired) electrons. The van der Waals surface area contributed by atoms with Crippen molar-refractivity contribution in [3.05, 3.63) is 48.5 Å². The molecule has 1 aliphatic heterocycles. The maximum absolute atomic E-state index is 12.3. The van der Waals surface area contributed by atoms with Crippen molar-refractivity contribution in [1.29, 1.82) is 0 Å². The van der Waals surface area contributed by atoms with Gasteiger partial charge in [0, 0.05) is 49.6 Å². The summed E-state index contributed by atoms with van der Waals surface area (Å²) in [4.78, 5) is 13.6. The minimum atomic E-state index is -3.18. The number of anilines is 1. The highest BCUT2D eigenvalue weighted by Gasteiger charge is 2.28. The first kappa shape index (κ1) is 21.7. The van der Waals surface area contributed by atoms with Gasteiger partial charge in [-0.1, -0.05) is 18.2 Å². The van der Waals surface area contributed by atoms with Crippen LogP contribution in [0.25, 0.3) is 33.1 Å². The molecular weight excluding hydrogens is 440 g/mol. The summed E-state index contributed by atoms with van der Waals surface area (Å²) in [7, 11) is -3.18. The fourth-order valence-electron chi connectivity index (χ4n) is 4.37. The summed E-state index contributed by atoms with van der Waals surface area (Å²) in [6, 6.07) is 9.93. The standard InChI is InChI=1S/C23H26N6O3S/c1-2-32-15-20-27-21-22(29(20)11-10-28-9-4-12-33(28,30)31)18-7-6-16(13-19(18)26-23(21)24)17-5-3-8-25-14-17/h3,5-8,13-14H,2,4,9-12,15H2,1H3,(H2,24,26). The number of nitrogens with two attached hydrogens (primary N) is 1. The Morgan fingerprint density at radius 1 is 1.15 bits per heavy atom. The van der Waals surface area contributed by atoms with E-state index >= 15 is 0 Å². The van der Waals surface area contributed by atoms with Gasteiger partial charge in [0.1, 0.15) is 17.9 Å². The minimum Gasteiger partial charge on any atom is -0.382 e. The molecule has 1 fully saturated rings. The normalized spacial score (nSPS) is 16.2. The zero-order chi connectivity index (χ0) is 23.0. The summed E-state index contributed by atoms with van der Waals surface area (Å²) in [5.41, 5.74) is 10.5. The molecule has 2 N–H and O–H groups in total. The van der Waals surface area contributed by atoms with Crippen LogP contribution in [0.15, 0.2) is 42.7 Å². The van der Waals surface area contributed by atoms with Gasteiger partial charge in [-0.05, 0) is 31.0 Å². The summed E-state index contributed by atoms with van der Waals surface area (Å²) in [5, 5.41) is 0.909. The first-order chi connectivity index (χ1) is 16.0. The quantitative estimate of drug-likeness (QED) is 0.445. The average Bonchev–Trinajstić information content (AvgIpc) is 3.36.